The predicted molar refractivity (Wildman–Crippen MR) is 87.4 cm³/mol. The van der Waals surface area contributed by atoms with Crippen molar-refractivity contribution < 1.29 is 4.79 Å². The van der Waals surface area contributed by atoms with E-state index in [0.29, 0.717) is 24.9 Å². The fraction of sp³-hybridized carbons (Fsp3) is 0.600. The van der Waals surface area contributed by atoms with Gasteiger partial charge in [-0.2, -0.15) is 14.6 Å². The van der Waals surface area contributed by atoms with Crippen molar-refractivity contribution in [3.63, 3.8) is 0 Å². The van der Waals surface area contributed by atoms with E-state index in [0.717, 1.165) is 24.4 Å². The lowest BCUT2D eigenvalue weighted by Crippen LogP contribution is -2.44. The largest absolute Gasteiger partial charge is 0.368 e. The fourth-order valence-corrected chi connectivity index (χ4v) is 2.91. The predicted octanol–water partition coefficient (Wildman–Crippen LogP) is 1.48. The van der Waals surface area contributed by atoms with Gasteiger partial charge < -0.3 is 16.0 Å². The first-order valence-corrected chi connectivity index (χ1v) is 8.18. The molecule has 8 heteroatoms. The molecule has 2 amide bonds. The van der Waals surface area contributed by atoms with Crippen LogP contribution in [0.15, 0.2) is 12.4 Å². The molecule has 1 fully saturated rings. The van der Waals surface area contributed by atoms with Crippen molar-refractivity contribution in [3.05, 3.63) is 18.1 Å². The summed E-state index contributed by atoms with van der Waals surface area (Å²) >= 11 is 0. The molecule has 0 aromatic carbocycles. The maximum absolute atomic E-state index is 11.9. The maximum atomic E-state index is 11.9. The first kappa shape index (κ1) is 15.5. The van der Waals surface area contributed by atoms with Crippen molar-refractivity contribution in [3.8, 4) is 0 Å². The number of fused-ring (bicyclic) bond motifs is 1. The van der Waals surface area contributed by atoms with Gasteiger partial charge in [-0.25, -0.2) is 9.78 Å². The zero-order valence-corrected chi connectivity index (χ0v) is 13.4. The van der Waals surface area contributed by atoms with Gasteiger partial charge in [-0.05, 0) is 19.8 Å². The standard InChI is InChI=1S/C15H23N7O/c1-11-9-13(22-14(20-11)18-10-19-22)16-7-8-17-15(23)21-12-5-3-2-4-6-12/h9-10,12,16H,2-8H2,1H3,(H2,17,21,23). The Balaban J connectivity index is 1.43. The molecule has 23 heavy (non-hydrogen) atoms. The Labute approximate surface area is 135 Å². The smallest absolute Gasteiger partial charge is 0.315 e. The summed E-state index contributed by atoms with van der Waals surface area (Å²) in [5.41, 5.74) is 0.871. The molecule has 0 unspecified atom stereocenters. The van der Waals surface area contributed by atoms with Crippen molar-refractivity contribution >= 4 is 17.6 Å². The number of carbonyl (C=O) groups excluding carboxylic acids is 1. The normalized spacial score (nSPS) is 15.5. The molecule has 0 saturated heterocycles. The molecule has 0 atom stereocenters. The summed E-state index contributed by atoms with van der Waals surface area (Å²) in [6.45, 7) is 3.06. The van der Waals surface area contributed by atoms with Gasteiger partial charge in [0.05, 0.1) is 0 Å². The molecule has 124 valence electrons. The molecule has 1 saturated carbocycles. The molecular formula is C15H23N7O. The van der Waals surface area contributed by atoms with Gasteiger partial charge in [0.15, 0.2) is 0 Å². The highest BCUT2D eigenvalue weighted by atomic mass is 16.2. The highest BCUT2D eigenvalue weighted by Gasteiger charge is 2.15. The molecule has 1 aliphatic carbocycles. The van der Waals surface area contributed by atoms with Gasteiger partial charge in [-0.15, -0.1) is 0 Å². The lowest BCUT2D eigenvalue weighted by Gasteiger charge is -2.22. The third-order valence-electron chi connectivity index (χ3n) is 4.04. The van der Waals surface area contributed by atoms with E-state index in [-0.39, 0.29) is 6.03 Å². The maximum Gasteiger partial charge on any atom is 0.315 e. The van der Waals surface area contributed by atoms with Gasteiger partial charge in [-0.3, -0.25) is 0 Å². The Morgan fingerprint density at radius 1 is 1.30 bits per heavy atom. The molecule has 2 heterocycles. The van der Waals surface area contributed by atoms with E-state index in [1.54, 1.807) is 4.52 Å². The SMILES string of the molecule is Cc1cc(NCCNC(=O)NC2CCCCC2)n2ncnc2n1. The van der Waals surface area contributed by atoms with Crippen LogP contribution in [0.4, 0.5) is 10.6 Å². The summed E-state index contributed by atoms with van der Waals surface area (Å²) in [7, 11) is 0. The lowest BCUT2D eigenvalue weighted by atomic mass is 9.96. The second kappa shape index (κ2) is 7.26. The van der Waals surface area contributed by atoms with Gasteiger partial charge >= 0.3 is 6.03 Å². The number of urea groups is 1. The number of carbonyl (C=O) groups is 1. The molecule has 2 aromatic heterocycles. The van der Waals surface area contributed by atoms with Gasteiger partial charge in [-0.1, -0.05) is 19.3 Å². The van der Waals surface area contributed by atoms with E-state index < -0.39 is 0 Å². The third kappa shape index (κ3) is 4.08. The zero-order valence-electron chi connectivity index (χ0n) is 13.4. The Morgan fingerprint density at radius 3 is 2.96 bits per heavy atom. The molecule has 0 aliphatic heterocycles. The van der Waals surface area contributed by atoms with Crippen LogP contribution in [0, 0.1) is 6.92 Å². The first-order chi connectivity index (χ1) is 11.2. The van der Waals surface area contributed by atoms with Gasteiger partial charge in [0.2, 0.25) is 0 Å². The summed E-state index contributed by atoms with van der Waals surface area (Å²) in [6.07, 6.45) is 7.36. The number of hydrogen-bond acceptors (Lipinski definition) is 5. The first-order valence-electron chi connectivity index (χ1n) is 8.18. The van der Waals surface area contributed by atoms with Crippen LogP contribution < -0.4 is 16.0 Å². The molecule has 0 radical (unpaired) electrons. The van der Waals surface area contributed by atoms with Gasteiger partial charge in [0.25, 0.3) is 5.78 Å². The van der Waals surface area contributed by atoms with E-state index in [9.17, 15) is 4.79 Å². The average Bonchev–Trinajstić information content (AvgIpc) is 3.00. The number of anilines is 1. The summed E-state index contributed by atoms with van der Waals surface area (Å²) in [5, 5.41) is 13.3. The van der Waals surface area contributed by atoms with Crippen LogP contribution in [0.5, 0.6) is 0 Å². The number of hydrogen-bond donors (Lipinski definition) is 3. The number of nitrogens with one attached hydrogen (secondary N) is 3. The zero-order chi connectivity index (χ0) is 16.1. The molecule has 0 spiro atoms. The van der Waals surface area contributed by atoms with Crippen LogP contribution in [0.2, 0.25) is 0 Å². The summed E-state index contributed by atoms with van der Waals surface area (Å²) < 4.78 is 1.65. The Hall–Kier alpha value is -2.38. The van der Waals surface area contributed by atoms with Crippen molar-refractivity contribution in [2.45, 2.75) is 45.1 Å². The third-order valence-corrected chi connectivity index (χ3v) is 4.04. The molecule has 2 aromatic rings. The quantitative estimate of drug-likeness (QED) is 0.726. The minimum absolute atomic E-state index is 0.0875. The highest BCUT2D eigenvalue weighted by Crippen LogP contribution is 2.17. The minimum atomic E-state index is -0.0875. The Kier molecular flexibility index (Phi) is 4.89. The summed E-state index contributed by atoms with van der Waals surface area (Å²) in [5.74, 6) is 1.38. The molecule has 0 bridgehead atoms. The van der Waals surface area contributed by atoms with Crippen molar-refractivity contribution in [2.75, 3.05) is 18.4 Å². The Bertz CT molecular complexity index is 663. The van der Waals surface area contributed by atoms with Crippen LogP contribution in [-0.4, -0.2) is 44.7 Å². The molecule has 3 rings (SSSR count). The van der Waals surface area contributed by atoms with E-state index in [1.165, 1.54) is 25.6 Å². The summed E-state index contributed by atoms with van der Waals surface area (Å²) in [4.78, 5) is 20.2. The minimum Gasteiger partial charge on any atom is -0.368 e. The fourth-order valence-electron chi connectivity index (χ4n) is 2.91. The van der Waals surface area contributed by atoms with Crippen LogP contribution in [0.25, 0.3) is 5.78 Å². The van der Waals surface area contributed by atoms with Crippen molar-refractivity contribution in [1.29, 1.82) is 0 Å². The molecular weight excluding hydrogens is 294 g/mol. The monoisotopic (exact) mass is 317 g/mol. The van der Waals surface area contributed by atoms with E-state index in [4.69, 9.17) is 0 Å². The molecule has 8 nitrogen and oxygen atoms in total. The number of amides is 2. The number of aromatic nitrogens is 4. The van der Waals surface area contributed by atoms with Crippen LogP contribution in [0.3, 0.4) is 0 Å². The van der Waals surface area contributed by atoms with Crippen molar-refractivity contribution in [1.82, 2.24) is 30.2 Å². The summed E-state index contributed by atoms with van der Waals surface area (Å²) in [6, 6.07) is 2.15. The molecule has 1 aliphatic rings. The van der Waals surface area contributed by atoms with Crippen LogP contribution >= 0.6 is 0 Å². The number of rotatable bonds is 5. The Morgan fingerprint density at radius 2 is 2.13 bits per heavy atom. The second-order valence-electron chi connectivity index (χ2n) is 5.92. The van der Waals surface area contributed by atoms with Crippen molar-refractivity contribution in [2.24, 2.45) is 0 Å². The highest BCUT2D eigenvalue weighted by molar-refractivity contribution is 5.74. The van der Waals surface area contributed by atoms with Crippen LogP contribution in [-0.2, 0) is 0 Å². The molecule has 3 N–H and O–H groups in total. The van der Waals surface area contributed by atoms with Gasteiger partial charge in [0.1, 0.15) is 12.1 Å². The van der Waals surface area contributed by atoms with Gasteiger partial charge in [0, 0.05) is 30.9 Å². The van der Waals surface area contributed by atoms with Crippen LogP contribution in [0.1, 0.15) is 37.8 Å². The topological polar surface area (TPSA) is 96.2 Å². The van der Waals surface area contributed by atoms with E-state index in [1.807, 2.05) is 13.0 Å². The van der Waals surface area contributed by atoms with E-state index in [2.05, 4.69) is 31.0 Å². The second-order valence-corrected chi connectivity index (χ2v) is 5.92. The number of nitrogens with zero attached hydrogens (tertiary/aromatic N) is 4. The number of aryl methyl sites for hydroxylation is 1. The van der Waals surface area contributed by atoms with E-state index >= 15 is 0 Å². The lowest BCUT2D eigenvalue weighted by molar-refractivity contribution is 0.233. The average molecular weight is 317 g/mol.